The van der Waals surface area contributed by atoms with Crippen molar-refractivity contribution < 1.29 is 24.4 Å². The lowest BCUT2D eigenvalue weighted by Gasteiger charge is -2.31. The monoisotopic (exact) mass is 428 g/mol. The number of nitrogens with zero attached hydrogens (tertiary/aromatic N) is 2. The Morgan fingerprint density at radius 2 is 2.04 bits per heavy atom. The van der Waals surface area contributed by atoms with Gasteiger partial charge in [-0.1, -0.05) is 13.8 Å². The second kappa shape index (κ2) is 10.6. The van der Waals surface area contributed by atoms with Gasteiger partial charge in [0, 0.05) is 12.6 Å². The predicted molar refractivity (Wildman–Crippen MR) is 110 cm³/mol. The van der Waals surface area contributed by atoms with Gasteiger partial charge < -0.3 is 14.7 Å². The second-order valence-corrected chi connectivity index (χ2v) is 9.24. The molecule has 1 aromatic rings. The first-order valence-electron chi connectivity index (χ1n) is 9.06. The zero-order chi connectivity index (χ0) is 20.7. The number of likely N-dealkylation sites (tertiary alicyclic amines) is 1. The summed E-state index contributed by atoms with van der Waals surface area (Å²) in [5.74, 6) is 0.397. The van der Waals surface area contributed by atoms with Crippen LogP contribution in [0.2, 0.25) is 0 Å². The van der Waals surface area contributed by atoms with Crippen molar-refractivity contribution in [2.75, 3.05) is 24.7 Å². The highest BCUT2D eigenvalue weighted by atomic mass is 32.2. The molecule has 0 spiro atoms. The number of benzene rings is 1. The maximum Gasteiger partial charge on any atom is 0.341 e. The number of amides is 1. The van der Waals surface area contributed by atoms with Gasteiger partial charge in [-0.2, -0.15) is 0 Å². The van der Waals surface area contributed by atoms with E-state index in [4.69, 9.17) is 9.84 Å². The van der Waals surface area contributed by atoms with E-state index in [1.165, 1.54) is 18.2 Å². The van der Waals surface area contributed by atoms with E-state index in [1.807, 2.05) is 0 Å². The summed E-state index contributed by atoms with van der Waals surface area (Å²) in [7, 11) is 0. The molecule has 1 aliphatic heterocycles. The van der Waals surface area contributed by atoms with Crippen LogP contribution < -0.4 is 4.74 Å². The summed E-state index contributed by atoms with van der Waals surface area (Å²) in [6.45, 7) is 4.11. The first kappa shape index (κ1) is 22.4. The lowest BCUT2D eigenvalue weighted by Crippen LogP contribution is -2.41. The van der Waals surface area contributed by atoms with Gasteiger partial charge in [0.2, 0.25) is 0 Å². The quantitative estimate of drug-likeness (QED) is 0.343. The lowest BCUT2D eigenvalue weighted by atomic mass is 10.1. The van der Waals surface area contributed by atoms with E-state index in [9.17, 15) is 19.7 Å². The van der Waals surface area contributed by atoms with Crippen LogP contribution in [0.5, 0.6) is 5.75 Å². The van der Waals surface area contributed by atoms with Gasteiger partial charge in [-0.3, -0.25) is 14.9 Å². The molecule has 0 unspecified atom stereocenters. The SMILES string of the molecule is CCSC(SCC)[C@@H]1CCCN1C(=O)c1cc(OCC(=O)O)ccc1[N+](=O)[O-]. The first-order chi connectivity index (χ1) is 13.4. The Morgan fingerprint density at radius 3 is 2.61 bits per heavy atom. The molecule has 0 bridgehead atoms. The Labute approximate surface area is 172 Å². The van der Waals surface area contributed by atoms with Crippen LogP contribution in [0.3, 0.4) is 0 Å². The molecule has 1 saturated heterocycles. The number of aliphatic carboxylic acids is 1. The number of carbonyl (C=O) groups is 2. The molecule has 1 N–H and O–H groups in total. The molecule has 0 aliphatic carbocycles. The van der Waals surface area contributed by atoms with Crippen molar-refractivity contribution in [2.45, 2.75) is 37.3 Å². The number of hydrogen-bond acceptors (Lipinski definition) is 7. The van der Waals surface area contributed by atoms with Gasteiger partial charge in [-0.25, -0.2) is 4.79 Å². The molecule has 2 rings (SSSR count). The molecule has 154 valence electrons. The van der Waals surface area contributed by atoms with E-state index in [1.54, 1.807) is 28.4 Å². The van der Waals surface area contributed by atoms with Crippen molar-refractivity contribution in [3.8, 4) is 5.75 Å². The van der Waals surface area contributed by atoms with Crippen molar-refractivity contribution in [1.82, 2.24) is 4.90 Å². The number of ether oxygens (including phenoxy) is 1. The molecular weight excluding hydrogens is 404 g/mol. The van der Waals surface area contributed by atoms with Crippen molar-refractivity contribution in [1.29, 1.82) is 0 Å². The van der Waals surface area contributed by atoms with Crippen molar-refractivity contribution in [3.05, 3.63) is 33.9 Å². The van der Waals surface area contributed by atoms with Crippen LogP contribution in [0, 0.1) is 10.1 Å². The molecule has 1 atom stereocenters. The number of carbonyl (C=O) groups excluding carboxylic acids is 1. The molecule has 0 aromatic heterocycles. The Hall–Kier alpha value is -1.94. The lowest BCUT2D eigenvalue weighted by molar-refractivity contribution is -0.385. The molecule has 8 nitrogen and oxygen atoms in total. The molecule has 1 fully saturated rings. The topological polar surface area (TPSA) is 110 Å². The Kier molecular flexibility index (Phi) is 8.43. The fourth-order valence-corrected chi connectivity index (χ4v) is 6.03. The van der Waals surface area contributed by atoms with E-state index in [0.29, 0.717) is 6.54 Å². The average molecular weight is 429 g/mol. The minimum Gasteiger partial charge on any atom is -0.482 e. The van der Waals surface area contributed by atoms with Gasteiger partial charge in [0.15, 0.2) is 6.61 Å². The highest BCUT2D eigenvalue weighted by Crippen LogP contribution is 2.36. The van der Waals surface area contributed by atoms with E-state index in [0.717, 1.165) is 24.3 Å². The zero-order valence-electron chi connectivity index (χ0n) is 15.8. The molecule has 28 heavy (non-hydrogen) atoms. The summed E-state index contributed by atoms with van der Waals surface area (Å²) >= 11 is 3.57. The van der Waals surface area contributed by atoms with Crippen LogP contribution >= 0.6 is 23.5 Å². The van der Waals surface area contributed by atoms with Crippen LogP contribution in [0.1, 0.15) is 37.0 Å². The second-order valence-electron chi connectivity index (χ2n) is 6.11. The minimum absolute atomic E-state index is 0.00518. The van der Waals surface area contributed by atoms with Gasteiger partial charge in [-0.05, 0) is 36.5 Å². The molecule has 10 heteroatoms. The highest BCUT2D eigenvalue weighted by Gasteiger charge is 2.37. The van der Waals surface area contributed by atoms with E-state index in [2.05, 4.69) is 13.8 Å². The number of thioether (sulfide) groups is 2. The summed E-state index contributed by atoms with van der Waals surface area (Å²) in [6.07, 6.45) is 1.71. The largest absolute Gasteiger partial charge is 0.482 e. The fraction of sp³-hybridized carbons (Fsp3) is 0.556. The Balaban J connectivity index is 2.32. The molecular formula is C18H24N2O6S2. The summed E-state index contributed by atoms with van der Waals surface area (Å²) in [5, 5.41) is 20.2. The van der Waals surface area contributed by atoms with Crippen LogP contribution in [-0.2, 0) is 4.79 Å². The van der Waals surface area contributed by atoms with E-state index >= 15 is 0 Å². The Morgan fingerprint density at radius 1 is 1.36 bits per heavy atom. The summed E-state index contributed by atoms with van der Waals surface area (Å²) in [5.41, 5.74) is -0.373. The van der Waals surface area contributed by atoms with Gasteiger partial charge in [0.25, 0.3) is 11.6 Å². The smallest absolute Gasteiger partial charge is 0.341 e. The van der Waals surface area contributed by atoms with Gasteiger partial charge >= 0.3 is 5.97 Å². The number of hydrogen-bond donors (Lipinski definition) is 1. The zero-order valence-corrected chi connectivity index (χ0v) is 17.5. The molecule has 0 radical (unpaired) electrons. The first-order valence-corrected chi connectivity index (χ1v) is 11.2. The summed E-state index contributed by atoms with van der Waals surface area (Å²) < 4.78 is 5.32. The molecule has 1 aromatic carbocycles. The normalized spacial score (nSPS) is 16.4. The summed E-state index contributed by atoms with van der Waals surface area (Å²) in [4.78, 5) is 36.5. The van der Waals surface area contributed by atoms with Crippen LogP contribution in [0.4, 0.5) is 5.69 Å². The van der Waals surface area contributed by atoms with Crippen LogP contribution in [-0.4, -0.2) is 62.1 Å². The third-order valence-electron chi connectivity index (χ3n) is 4.29. The van der Waals surface area contributed by atoms with Gasteiger partial charge in [-0.15, -0.1) is 23.5 Å². The standard InChI is InChI=1S/C18H24N2O6S2/c1-3-27-18(28-4-2)15-6-5-9-19(15)17(23)13-10-12(26-11-16(21)22)7-8-14(13)20(24)25/h7-8,10,15,18H,3-6,9,11H2,1-2H3,(H,21,22)/t15-/m0/s1. The molecule has 0 saturated carbocycles. The Bertz CT molecular complexity index is 724. The van der Waals surface area contributed by atoms with Crippen LogP contribution in [0.25, 0.3) is 0 Å². The van der Waals surface area contributed by atoms with Gasteiger partial charge in [0.05, 0.1) is 15.5 Å². The number of nitro benzene ring substituents is 1. The third-order valence-corrected chi connectivity index (χ3v) is 7.06. The molecule has 1 heterocycles. The summed E-state index contributed by atoms with van der Waals surface area (Å²) in [6, 6.07) is 3.77. The highest BCUT2D eigenvalue weighted by molar-refractivity contribution is 8.17. The van der Waals surface area contributed by atoms with Gasteiger partial charge in [0.1, 0.15) is 11.3 Å². The molecule has 1 amide bonds. The van der Waals surface area contributed by atoms with Crippen molar-refractivity contribution in [3.63, 3.8) is 0 Å². The van der Waals surface area contributed by atoms with E-state index in [-0.39, 0.29) is 27.6 Å². The maximum absolute atomic E-state index is 13.2. The maximum atomic E-state index is 13.2. The number of nitro groups is 1. The average Bonchev–Trinajstić information content (AvgIpc) is 3.14. The minimum atomic E-state index is -1.16. The van der Waals surface area contributed by atoms with Crippen LogP contribution in [0.15, 0.2) is 18.2 Å². The number of rotatable bonds is 10. The number of carboxylic acids is 1. The molecule has 1 aliphatic rings. The van der Waals surface area contributed by atoms with Crippen molar-refractivity contribution >= 4 is 41.1 Å². The predicted octanol–water partition coefficient (Wildman–Crippen LogP) is 3.50. The van der Waals surface area contributed by atoms with Crippen molar-refractivity contribution in [2.24, 2.45) is 0 Å². The third kappa shape index (κ3) is 5.54. The number of carboxylic acid groups (broad SMARTS) is 1. The fourth-order valence-electron chi connectivity index (χ4n) is 3.16. The van der Waals surface area contributed by atoms with E-state index < -0.39 is 23.4 Å².